The van der Waals surface area contributed by atoms with Crippen LogP contribution >= 0.6 is 11.6 Å². The molecule has 138 valence electrons. The average Bonchev–Trinajstić information content (AvgIpc) is 2.65. The summed E-state index contributed by atoms with van der Waals surface area (Å²) in [6.07, 6.45) is 2.98. The SMILES string of the molecule is CC(C)Oc1ccccc1Nc1ncc(C(=O)Nc2ccc(Cl)cc2)cn1. The molecule has 0 bridgehead atoms. The molecule has 7 heteroatoms. The molecule has 0 aliphatic rings. The highest BCUT2D eigenvalue weighted by Gasteiger charge is 2.10. The van der Waals surface area contributed by atoms with Crippen LogP contribution in [0.25, 0.3) is 0 Å². The van der Waals surface area contributed by atoms with Crippen LogP contribution in [-0.2, 0) is 0 Å². The van der Waals surface area contributed by atoms with E-state index in [2.05, 4.69) is 20.6 Å². The van der Waals surface area contributed by atoms with Crippen LogP contribution in [0.3, 0.4) is 0 Å². The second kappa shape index (κ2) is 8.51. The van der Waals surface area contributed by atoms with E-state index in [4.69, 9.17) is 16.3 Å². The predicted octanol–water partition coefficient (Wildman–Crippen LogP) is 4.91. The first kappa shape index (κ1) is 18.7. The molecule has 0 saturated carbocycles. The van der Waals surface area contributed by atoms with Crippen molar-refractivity contribution in [3.8, 4) is 5.75 Å². The van der Waals surface area contributed by atoms with Gasteiger partial charge in [-0.1, -0.05) is 23.7 Å². The third-order valence-electron chi connectivity index (χ3n) is 3.51. The van der Waals surface area contributed by atoms with Crippen molar-refractivity contribution in [3.63, 3.8) is 0 Å². The molecule has 27 heavy (non-hydrogen) atoms. The van der Waals surface area contributed by atoms with Gasteiger partial charge in [0, 0.05) is 23.1 Å². The maximum absolute atomic E-state index is 12.3. The van der Waals surface area contributed by atoms with E-state index in [0.29, 0.717) is 28.0 Å². The van der Waals surface area contributed by atoms with E-state index < -0.39 is 0 Å². The number of para-hydroxylation sites is 2. The van der Waals surface area contributed by atoms with Crippen molar-refractivity contribution < 1.29 is 9.53 Å². The average molecular weight is 383 g/mol. The maximum atomic E-state index is 12.3. The van der Waals surface area contributed by atoms with Gasteiger partial charge < -0.3 is 15.4 Å². The topological polar surface area (TPSA) is 76.1 Å². The summed E-state index contributed by atoms with van der Waals surface area (Å²) in [4.78, 5) is 20.7. The molecule has 3 aromatic rings. The van der Waals surface area contributed by atoms with Gasteiger partial charge in [-0.3, -0.25) is 4.79 Å². The Morgan fingerprint density at radius 1 is 1.04 bits per heavy atom. The van der Waals surface area contributed by atoms with Crippen LogP contribution in [0.4, 0.5) is 17.3 Å². The zero-order valence-corrected chi connectivity index (χ0v) is 15.7. The van der Waals surface area contributed by atoms with Gasteiger partial charge in [-0.25, -0.2) is 9.97 Å². The number of nitrogens with one attached hydrogen (secondary N) is 2. The number of hydrogen-bond donors (Lipinski definition) is 2. The lowest BCUT2D eigenvalue weighted by atomic mass is 10.2. The number of halogens is 1. The molecule has 3 rings (SSSR count). The van der Waals surface area contributed by atoms with Crippen molar-refractivity contribution >= 4 is 34.8 Å². The van der Waals surface area contributed by atoms with E-state index >= 15 is 0 Å². The Balaban J connectivity index is 1.68. The second-order valence-electron chi connectivity index (χ2n) is 6.04. The number of amides is 1. The van der Waals surface area contributed by atoms with E-state index in [1.54, 1.807) is 24.3 Å². The molecule has 0 atom stereocenters. The summed E-state index contributed by atoms with van der Waals surface area (Å²) in [5.41, 5.74) is 1.75. The fraction of sp³-hybridized carbons (Fsp3) is 0.150. The summed E-state index contributed by atoms with van der Waals surface area (Å²) in [6.45, 7) is 3.92. The highest BCUT2D eigenvalue weighted by atomic mass is 35.5. The molecular weight excluding hydrogens is 364 g/mol. The van der Waals surface area contributed by atoms with E-state index in [9.17, 15) is 4.79 Å². The summed E-state index contributed by atoms with van der Waals surface area (Å²) in [6, 6.07) is 14.4. The Labute approximate surface area is 162 Å². The molecule has 1 heterocycles. The predicted molar refractivity (Wildman–Crippen MR) is 107 cm³/mol. The van der Waals surface area contributed by atoms with Gasteiger partial charge >= 0.3 is 0 Å². The van der Waals surface area contributed by atoms with Gasteiger partial charge in [-0.2, -0.15) is 0 Å². The first-order chi connectivity index (χ1) is 13.0. The van der Waals surface area contributed by atoms with Crippen molar-refractivity contribution in [1.82, 2.24) is 9.97 Å². The van der Waals surface area contributed by atoms with Gasteiger partial charge in [-0.05, 0) is 50.2 Å². The highest BCUT2D eigenvalue weighted by molar-refractivity contribution is 6.30. The highest BCUT2D eigenvalue weighted by Crippen LogP contribution is 2.27. The van der Waals surface area contributed by atoms with E-state index in [0.717, 1.165) is 5.69 Å². The molecule has 1 amide bonds. The molecular formula is C20H19ClN4O2. The van der Waals surface area contributed by atoms with Gasteiger partial charge in [-0.15, -0.1) is 0 Å². The molecule has 0 radical (unpaired) electrons. The van der Waals surface area contributed by atoms with Crippen LogP contribution in [0.1, 0.15) is 24.2 Å². The molecule has 0 spiro atoms. The number of carbonyl (C=O) groups is 1. The maximum Gasteiger partial charge on any atom is 0.258 e. The summed E-state index contributed by atoms with van der Waals surface area (Å²) >= 11 is 5.84. The lowest BCUT2D eigenvalue weighted by Gasteiger charge is -2.14. The minimum Gasteiger partial charge on any atom is -0.489 e. The van der Waals surface area contributed by atoms with Crippen LogP contribution in [0.15, 0.2) is 60.9 Å². The number of ether oxygens (including phenoxy) is 1. The Kier molecular flexibility index (Phi) is 5.88. The molecule has 0 aliphatic carbocycles. The minimum absolute atomic E-state index is 0.0489. The summed E-state index contributed by atoms with van der Waals surface area (Å²) < 4.78 is 5.76. The van der Waals surface area contributed by atoms with Crippen LogP contribution in [0.2, 0.25) is 5.02 Å². The number of anilines is 3. The monoisotopic (exact) mass is 382 g/mol. The van der Waals surface area contributed by atoms with Gasteiger partial charge in [0.1, 0.15) is 5.75 Å². The van der Waals surface area contributed by atoms with Crippen LogP contribution in [-0.4, -0.2) is 22.0 Å². The zero-order valence-electron chi connectivity index (χ0n) is 14.9. The first-order valence-electron chi connectivity index (χ1n) is 8.43. The molecule has 0 fully saturated rings. The third kappa shape index (κ3) is 5.18. The number of nitrogens with zero attached hydrogens (tertiary/aromatic N) is 2. The van der Waals surface area contributed by atoms with Crippen LogP contribution < -0.4 is 15.4 Å². The zero-order chi connectivity index (χ0) is 19.2. The molecule has 6 nitrogen and oxygen atoms in total. The second-order valence-corrected chi connectivity index (χ2v) is 6.48. The Bertz CT molecular complexity index is 912. The first-order valence-corrected chi connectivity index (χ1v) is 8.81. The quantitative estimate of drug-likeness (QED) is 0.633. The minimum atomic E-state index is -0.299. The standard InChI is InChI=1S/C20H19ClN4O2/c1-13(2)27-18-6-4-3-5-17(18)25-20-22-11-14(12-23-20)19(26)24-16-9-7-15(21)8-10-16/h3-13H,1-2H3,(H,24,26)(H,22,23,25). The smallest absolute Gasteiger partial charge is 0.258 e. The molecule has 0 aliphatic heterocycles. The lowest BCUT2D eigenvalue weighted by Crippen LogP contribution is -2.13. The number of rotatable bonds is 6. The van der Waals surface area contributed by atoms with E-state index in [1.165, 1.54) is 12.4 Å². The number of aromatic nitrogens is 2. The summed E-state index contributed by atoms with van der Waals surface area (Å²) in [7, 11) is 0. The number of hydrogen-bond acceptors (Lipinski definition) is 5. The Morgan fingerprint density at radius 2 is 1.70 bits per heavy atom. The van der Waals surface area contributed by atoms with Gasteiger partial charge in [0.05, 0.1) is 17.4 Å². The fourth-order valence-electron chi connectivity index (χ4n) is 2.29. The molecule has 2 N–H and O–H groups in total. The van der Waals surface area contributed by atoms with E-state index in [1.807, 2.05) is 38.1 Å². The normalized spacial score (nSPS) is 10.5. The summed E-state index contributed by atoms with van der Waals surface area (Å²) in [5, 5.41) is 6.48. The third-order valence-corrected chi connectivity index (χ3v) is 3.76. The van der Waals surface area contributed by atoms with E-state index in [-0.39, 0.29) is 12.0 Å². The van der Waals surface area contributed by atoms with Gasteiger partial charge in [0.15, 0.2) is 0 Å². The van der Waals surface area contributed by atoms with Crippen LogP contribution in [0.5, 0.6) is 5.75 Å². The van der Waals surface area contributed by atoms with Crippen molar-refractivity contribution in [2.24, 2.45) is 0 Å². The van der Waals surface area contributed by atoms with Crippen molar-refractivity contribution in [3.05, 3.63) is 71.5 Å². The fourth-order valence-corrected chi connectivity index (χ4v) is 2.42. The Morgan fingerprint density at radius 3 is 2.37 bits per heavy atom. The lowest BCUT2D eigenvalue weighted by molar-refractivity contribution is 0.102. The number of carbonyl (C=O) groups excluding carboxylic acids is 1. The van der Waals surface area contributed by atoms with Gasteiger partial charge in [0.25, 0.3) is 5.91 Å². The molecule has 1 aromatic heterocycles. The van der Waals surface area contributed by atoms with Crippen molar-refractivity contribution in [1.29, 1.82) is 0 Å². The van der Waals surface area contributed by atoms with Gasteiger partial charge in [0.2, 0.25) is 5.95 Å². The largest absolute Gasteiger partial charge is 0.489 e. The Hall–Kier alpha value is -3.12. The van der Waals surface area contributed by atoms with Crippen molar-refractivity contribution in [2.75, 3.05) is 10.6 Å². The van der Waals surface area contributed by atoms with Crippen LogP contribution in [0, 0.1) is 0 Å². The number of benzene rings is 2. The summed E-state index contributed by atoms with van der Waals surface area (Å²) in [5.74, 6) is 0.783. The molecule has 0 unspecified atom stereocenters. The molecule has 2 aromatic carbocycles. The molecule has 0 saturated heterocycles. The van der Waals surface area contributed by atoms with Crippen molar-refractivity contribution in [2.45, 2.75) is 20.0 Å².